The van der Waals surface area contributed by atoms with Gasteiger partial charge < -0.3 is 4.98 Å². The average Bonchev–Trinajstić information content (AvgIpc) is 2.88. The Hall–Kier alpha value is -2.54. The largest absolute Gasteiger partial charge is 0.341 e. The molecule has 2 N–H and O–H groups in total. The minimum atomic E-state index is -0.269. The van der Waals surface area contributed by atoms with Gasteiger partial charge in [-0.2, -0.15) is 9.97 Å². The van der Waals surface area contributed by atoms with Crippen LogP contribution in [0.3, 0.4) is 0 Å². The molecule has 3 heterocycles. The zero-order chi connectivity index (χ0) is 13.9. The number of H-pyrrole nitrogens is 1. The number of nitrogens with zero attached hydrogens (tertiary/aromatic N) is 4. The van der Waals surface area contributed by atoms with E-state index >= 15 is 0 Å². The Balaban J connectivity index is 1.77. The predicted molar refractivity (Wildman–Crippen MR) is 73.3 cm³/mol. The van der Waals surface area contributed by atoms with Crippen LogP contribution in [0.5, 0.6) is 0 Å². The van der Waals surface area contributed by atoms with E-state index in [9.17, 15) is 4.79 Å². The van der Waals surface area contributed by atoms with Crippen LogP contribution >= 0.6 is 11.6 Å². The van der Waals surface area contributed by atoms with Crippen LogP contribution in [-0.4, -0.2) is 30.8 Å². The maximum Gasteiger partial charge on any atom is 0.233 e. The summed E-state index contributed by atoms with van der Waals surface area (Å²) in [4.78, 5) is 30.8. The molecule has 20 heavy (non-hydrogen) atoms. The molecule has 3 aromatic rings. The second-order valence-corrected chi connectivity index (χ2v) is 4.34. The summed E-state index contributed by atoms with van der Waals surface area (Å²) in [5, 5.41) is 2.78. The first-order valence-electron chi connectivity index (χ1n) is 5.79. The molecule has 0 aromatic carbocycles. The Labute approximate surface area is 118 Å². The molecule has 0 radical (unpaired) electrons. The molecule has 8 heteroatoms. The van der Waals surface area contributed by atoms with Crippen molar-refractivity contribution < 1.29 is 4.79 Å². The molecule has 1 amide bonds. The molecular weight excluding hydrogens is 280 g/mol. The van der Waals surface area contributed by atoms with Crippen LogP contribution in [-0.2, 0) is 11.2 Å². The molecule has 3 aromatic heterocycles. The molecule has 0 aliphatic heterocycles. The lowest BCUT2D eigenvalue weighted by Crippen LogP contribution is -2.17. The molecule has 0 saturated heterocycles. The van der Waals surface area contributed by atoms with Crippen molar-refractivity contribution in [1.29, 1.82) is 0 Å². The number of halogens is 1. The number of pyridine rings is 1. The summed E-state index contributed by atoms with van der Waals surface area (Å²) in [6.45, 7) is 0. The van der Waals surface area contributed by atoms with Gasteiger partial charge in [0.1, 0.15) is 5.52 Å². The third-order valence-corrected chi connectivity index (χ3v) is 2.83. The third kappa shape index (κ3) is 2.57. The number of rotatable bonds is 3. The lowest BCUT2D eigenvalue weighted by Gasteiger charge is -2.03. The van der Waals surface area contributed by atoms with Crippen molar-refractivity contribution in [2.24, 2.45) is 0 Å². The maximum atomic E-state index is 11.9. The van der Waals surface area contributed by atoms with Gasteiger partial charge in [-0.3, -0.25) is 15.1 Å². The lowest BCUT2D eigenvalue weighted by molar-refractivity contribution is -0.115. The van der Waals surface area contributed by atoms with Gasteiger partial charge in [0, 0.05) is 11.9 Å². The van der Waals surface area contributed by atoms with Gasteiger partial charge in [0.25, 0.3) is 0 Å². The van der Waals surface area contributed by atoms with Crippen LogP contribution in [0.4, 0.5) is 5.95 Å². The van der Waals surface area contributed by atoms with E-state index in [4.69, 9.17) is 11.6 Å². The molecule has 0 atom stereocenters. The molecule has 0 bridgehead atoms. The van der Waals surface area contributed by atoms with E-state index in [0.29, 0.717) is 16.9 Å². The highest BCUT2D eigenvalue weighted by Gasteiger charge is 2.11. The van der Waals surface area contributed by atoms with Crippen molar-refractivity contribution >= 4 is 34.6 Å². The summed E-state index contributed by atoms with van der Waals surface area (Å²) in [5.74, 6) is -0.148. The van der Waals surface area contributed by atoms with Gasteiger partial charge in [0.05, 0.1) is 12.7 Å². The second-order valence-electron chi connectivity index (χ2n) is 3.99. The van der Waals surface area contributed by atoms with Crippen molar-refractivity contribution in [3.63, 3.8) is 0 Å². The zero-order valence-electron chi connectivity index (χ0n) is 10.2. The minimum Gasteiger partial charge on any atom is -0.341 e. The number of anilines is 1. The van der Waals surface area contributed by atoms with Crippen molar-refractivity contribution in [2.45, 2.75) is 6.42 Å². The molecule has 0 aliphatic carbocycles. The molecule has 0 saturated carbocycles. The highest BCUT2D eigenvalue weighted by atomic mass is 35.5. The van der Waals surface area contributed by atoms with E-state index in [0.717, 1.165) is 0 Å². The van der Waals surface area contributed by atoms with Crippen LogP contribution in [0.25, 0.3) is 11.2 Å². The number of carbonyl (C=O) groups is 1. The Kier molecular flexibility index (Phi) is 3.26. The Morgan fingerprint density at radius 1 is 1.30 bits per heavy atom. The molecule has 7 nitrogen and oxygen atoms in total. The number of carbonyl (C=O) groups excluding carboxylic acids is 1. The smallest absolute Gasteiger partial charge is 0.233 e. The SMILES string of the molecule is O=C(Cc1ccccn1)Nc1nc(Cl)c2[nH]cnc2n1. The minimum absolute atomic E-state index is 0.121. The number of hydrogen-bond donors (Lipinski definition) is 2. The first-order chi connectivity index (χ1) is 9.72. The molecular formula is C12H9ClN6O. The van der Waals surface area contributed by atoms with Gasteiger partial charge in [-0.25, -0.2) is 4.98 Å². The third-order valence-electron chi connectivity index (χ3n) is 2.56. The number of aromatic nitrogens is 5. The number of hydrogen-bond acceptors (Lipinski definition) is 5. The Morgan fingerprint density at radius 3 is 3.00 bits per heavy atom. The van der Waals surface area contributed by atoms with Gasteiger partial charge in [-0.1, -0.05) is 17.7 Å². The summed E-state index contributed by atoms with van der Waals surface area (Å²) < 4.78 is 0. The highest BCUT2D eigenvalue weighted by Crippen LogP contribution is 2.18. The van der Waals surface area contributed by atoms with Gasteiger partial charge in [-0.15, -0.1) is 0 Å². The number of aromatic amines is 1. The standard InChI is InChI=1S/C12H9ClN6O/c13-10-9-11(16-6-15-9)19-12(18-10)17-8(20)5-7-3-1-2-4-14-7/h1-4,6H,5H2,(H2,15,16,17,18,19,20). The van der Waals surface area contributed by atoms with Gasteiger partial charge in [0.15, 0.2) is 10.8 Å². The summed E-state index contributed by atoms with van der Waals surface area (Å²) >= 11 is 5.96. The van der Waals surface area contributed by atoms with Crippen molar-refractivity contribution in [1.82, 2.24) is 24.9 Å². The summed E-state index contributed by atoms with van der Waals surface area (Å²) in [5.41, 5.74) is 1.60. The van der Waals surface area contributed by atoms with Crippen LogP contribution in [0.2, 0.25) is 5.15 Å². The van der Waals surface area contributed by atoms with Crippen LogP contribution < -0.4 is 5.32 Å². The van der Waals surface area contributed by atoms with E-state index in [2.05, 4.69) is 30.2 Å². The number of fused-ring (bicyclic) bond motifs is 1. The van der Waals surface area contributed by atoms with Gasteiger partial charge in [0.2, 0.25) is 11.9 Å². The topological polar surface area (TPSA) is 96.5 Å². The molecule has 100 valence electrons. The van der Waals surface area contributed by atoms with Crippen LogP contribution in [0, 0.1) is 0 Å². The quantitative estimate of drug-likeness (QED) is 0.713. The van der Waals surface area contributed by atoms with E-state index in [1.807, 2.05) is 6.07 Å². The van der Waals surface area contributed by atoms with E-state index < -0.39 is 0 Å². The number of imidazole rings is 1. The van der Waals surface area contributed by atoms with E-state index in [1.54, 1.807) is 18.3 Å². The molecule has 3 rings (SSSR count). The first kappa shape index (κ1) is 12.5. The summed E-state index contributed by atoms with van der Waals surface area (Å²) in [6.07, 6.45) is 3.23. The first-order valence-corrected chi connectivity index (χ1v) is 6.16. The van der Waals surface area contributed by atoms with E-state index in [1.165, 1.54) is 6.33 Å². The molecule has 0 aliphatic rings. The molecule has 0 spiro atoms. The Bertz CT molecular complexity index is 757. The van der Waals surface area contributed by atoms with Gasteiger partial charge >= 0.3 is 0 Å². The number of amides is 1. The van der Waals surface area contributed by atoms with E-state index in [-0.39, 0.29) is 23.4 Å². The summed E-state index contributed by atoms with van der Waals surface area (Å²) in [7, 11) is 0. The fraction of sp³-hybridized carbons (Fsp3) is 0.0833. The fourth-order valence-corrected chi connectivity index (χ4v) is 1.91. The van der Waals surface area contributed by atoms with Crippen molar-refractivity contribution in [2.75, 3.05) is 5.32 Å². The molecule has 0 unspecified atom stereocenters. The monoisotopic (exact) mass is 288 g/mol. The van der Waals surface area contributed by atoms with Crippen LogP contribution in [0.15, 0.2) is 30.7 Å². The average molecular weight is 289 g/mol. The van der Waals surface area contributed by atoms with Crippen molar-refractivity contribution in [3.8, 4) is 0 Å². The lowest BCUT2D eigenvalue weighted by atomic mass is 10.2. The maximum absolute atomic E-state index is 11.9. The van der Waals surface area contributed by atoms with Crippen molar-refractivity contribution in [3.05, 3.63) is 41.6 Å². The highest BCUT2D eigenvalue weighted by molar-refractivity contribution is 6.33. The second kappa shape index (κ2) is 5.22. The zero-order valence-corrected chi connectivity index (χ0v) is 10.9. The molecule has 0 fully saturated rings. The number of nitrogens with one attached hydrogen (secondary N) is 2. The Morgan fingerprint density at radius 2 is 2.20 bits per heavy atom. The predicted octanol–water partition coefficient (Wildman–Crippen LogP) is 1.58. The summed E-state index contributed by atoms with van der Waals surface area (Å²) in [6, 6.07) is 5.37. The van der Waals surface area contributed by atoms with Crippen LogP contribution in [0.1, 0.15) is 5.69 Å². The van der Waals surface area contributed by atoms with Gasteiger partial charge in [-0.05, 0) is 12.1 Å². The normalized spacial score (nSPS) is 10.7. The fourth-order valence-electron chi connectivity index (χ4n) is 1.69.